The van der Waals surface area contributed by atoms with Crippen LogP contribution in [0.3, 0.4) is 0 Å². The zero-order chi connectivity index (χ0) is 21.0. The molecule has 3 rings (SSSR count). The van der Waals surface area contributed by atoms with Gasteiger partial charge >= 0.3 is 6.03 Å². The number of amides is 2. The second kappa shape index (κ2) is 8.63. The normalized spacial score (nSPS) is 11.1. The van der Waals surface area contributed by atoms with Crippen LogP contribution >= 0.6 is 11.6 Å². The zero-order valence-corrected chi connectivity index (χ0v) is 17.0. The van der Waals surface area contributed by atoms with E-state index in [0.717, 1.165) is 0 Å². The molecule has 0 radical (unpaired) electrons. The second-order valence-electron chi connectivity index (χ2n) is 6.45. The van der Waals surface area contributed by atoms with Gasteiger partial charge in [0.05, 0.1) is 10.6 Å². The number of carbonyl (C=O) groups is 1. The largest absolute Gasteiger partial charge is 0.323 e. The van der Waals surface area contributed by atoms with Gasteiger partial charge in [0.25, 0.3) is 0 Å². The lowest BCUT2D eigenvalue weighted by Crippen LogP contribution is -2.19. The molecule has 0 heterocycles. The SMILES string of the molecule is Cc1ccc(NC(=O)Nc2ccc(F)cc2)cc1S(=O)(=O)Cc1ccc(Cl)cc1. The Morgan fingerprint density at radius 3 is 2.17 bits per heavy atom. The number of aryl methyl sites for hydroxylation is 1. The summed E-state index contributed by atoms with van der Waals surface area (Å²) in [6.07, 6.45) is 0. The van der Waals surface area contributed by atoms with Gasteiger partial charge in [0.15, 0.2) is 9.84 Å². The molecule has 2 amide bonds. The minimum atomic E-state index is -3.64. The third-order valence-electron chi connectivity index (χ3n) is 4.15. The van der Waals surface area contributed by atoms with Crippen molar-refractivity contribution < 1.29 is 17.6 Å². The van der Waals surface area contributed by atoms with Crippen LogP contribution in [0.1, 0.15) is 11.1 Å². The van der Waals surface area contributed by atoms with Crippen molar-refractivity contribution in [2.45, 2.75) is 17.6 Å². The predicted octanol–water partition coefficient (Wildman–Crippen LogP) is 5.41. The van der Waals surface area contributed by atoms with Gasteiger partial charge in [-0.05, 0) is 66.6 Å². The fourth-order valence-corrected chi connectivity index (χ4v) is 4.50. The molecule has 3 aromatic carbocycles. The molecule has 0 unspecified atom stereocenters. The first-order chi connectivity index (χ1) is 13.7. The highest BCUT2D eigenvalue weighted by molar-refractivity contribution is 7.90. The van der Waals surface area contributed by atoms with Crippen molar-refractivity contribution >= 4 is 38.8 Å². The summed E-state index contributed by atoms with van der Waals surface area (Å²) in [5, 5.41) is 5.68. The van der Waals surface area contributed by atoms with E-state index >= 15 is 0 Å². The van der Waals surface area contributed by atoms with Gasteiger partial charge in [-0.3, -0.25) is 0 Å². The summed E-state index contributed by atoms with van der Waals surface area (Å²) in [7, 11) is -3.64. The van der Waals surface area contributed by atoms with E-state index in [9.17, 15) is 17.6 Å². The predicted molar refractivity (Wildman–Crippen MR) is 113 cm³/mol. The number of hydrogen-bond donors (Lipinski definition) is 2. The van der Waals surface area contributed by atoms with Crippen LogP contribution in [0.25, 0.3) is 0 Å². The first-order valence-electron chi connectivity index (χ1n) is 8.64. The number of halogens is 2. The van der Waals surface area contributed by atoms with Crippen LogP contribution < -0.4 is 10.6 Å². The Hall–Kier alpha value is -2.90. The summed E-state index contributed by atoms with van der Waals surface area (Å²) < 4.78 is 38.7. The van der Waals surface area contributed by atoms with E-state index in [-0.39, 0.29) is 10.6 Å². The lowest BCUT2D eigenvalue weighted by atomic mass is 10.2. The molecule has 5 nitrogen and oxygen atoms in total. The monoisotopic (exact) mass is 432 g/mol. The van der Waals surface area contributed by atoms with Crippen LogP contribution in [-0.2, 0) is 15.6 Å². The van der Waals surface area contributed by atoms with Crippen molar-refractivity contribution in [2.75, 3.05) is 10.6 Å². The van der Waals surface area contributed by atoms with Gasteiger partial charge in [-0.2, -0.15) is 0 Å². The highest BCUT2D eigenvalue weighted by atomic mass is 35.5. The Bertz CT molecular complexity index is 1130. The number of benzene rings is 3. The third kappa shape index (κ3) is 5.56. The fraction of sp³-hybridized carbons (Fsp3) is 0.0952. The molecular weight excluding hydrogens is 415 g/mol. The van der Waals surface area contributed by atoms with Crippen molar-refractivity contribution in [3.05, 3.63) is 88.7 Å². The molecule has 0 spiro atoms. The average molecular weight is 433 g/mol. The molecule has 0 saturated carbocycles. The molecular formula is C21H18ClFN2O3S. The van der Waals surface area contributed by atoms with E-state index in [4.69, 9.17) is 11.6 Å². The summed E-state index contributed by atoms with van der Waals surface area (Å²) in [6.45, 7) is 1.69. The summed E-state index contributed by atoms with van der Waals surface area (Å²) in [5.41, 5.74) is 1.92. The van der Waals surface area contributed by atoms with Crippen molar-refractivity contribution in [2.24, 2.45) is 0 Å². The molecule has 0 aromatic heterocycles. The quantitative estimate of drug-likeness (QED) is 0.566. The van der Waals surface area contributed by atoms with Gasteiger partial charge in [0.1, 0.15) is 5.82 Å². The number of sulfone groups is 1. The lowest BCUT2D eigenvalue weighted by Gasteiger charge is -2.12. The highest BCUT2D eigenvalue weighted by Gasteiger charge is 2.19. The number of anilines is 2. The molecule has 0 bridgehead atoms. The fourth-order valence-electron chi connectivity index (χ4n) is 2.72. The zero-order valence-electron chi connectivity index (χ0n) is 15.4. The van der Waals surface area contributed by atoms with Crippen LogP contribution in [-0.4, -0.2) is 14.4 Å². The van der Waals surface area contributed by atoms with Crippen LogP contribution in [0, 0.1) is 12.7 Å². The highest BCUT2D eigenvalue weighted by Crippen LogP contribution is 2.24. The first kappa shape index (κ1) is 20.8. The molecule has 3 aromatic rings. The van der Waals surface area contributed by atoms with Crippen LogP contribution in [0.4, 0.5) is 20.6 Å². The topological polar surface area (TPSA) is 75.3 Å². The number of urea groups is 1. The Balaban J connectivity index is 1.77. The van der Waals surface area contributed by atoms with E-state index < -0.39 is 21.7 Å². The molecule has 150 valence electrons. The molecule has 0 aliphatic rings. The Labute approximate surface area is 173 Å². The molecule has 0 fully saturated rings. The Kier molecular flexibility index (Phi) is 6.20. The van der Waals surface area contributed by atoms with Crippen molar-refractivity contribution in [3.8, 4) is 0 Å². The summed E-state index contributed by atoms with van der Waals surface area (Å²) in [4.78, 5) is 12.3. The molecule has 0 aliphatic carbocycles. The van der Waals surface area contributed by atoms with Crippen molar-refractivity contribution in [3.63, 3.8) is 0 Å². The molecule has 0 atom stereocenters. The number of carbonyl (C=O) groups excluding carboxylic acids is 1. The van der Waals surface area contributed by atoms with Gasteiger partial charge in [0, 0.05) is 16.4 Å². The summed E-state index contributed by atoms with van der Waals surface area (Å²) >= 11 is 5.85. The van der Waals surface area contributed by atoms with Crippen molar-refractivity contribution in [1.29, 1.82) is 0 Å². The minimum absolute atomic E-state index is 0.132. The van der Waals surface area contributed by atoms with Gasteiger partial charge in [0.2, 0.25) is 0 Å². The molecule has 29 heavy (non-hydrogen) atoms. The van der Waals surface area contributed by atoms with Crippen LogP contribution in [0.2, 0.25) is 5.02 Å². The van der Waals surface area contributed by atoms with E-state index in [2.05, 4.69) is 10.6 Å². The maximum Gasteiger partial charge on any atom is 0.323 e. The molecule has 2 N–H and O–H groups in total. The Morgan fingerprint density at radius 1 is 0.931 bits per heavy atom. The molecule has 0 saturated heterocycles. The van der Waals surface area contributed by atoms with Crippen molar-refractivity contribution in [1.82, 2.24) is 0 Å². The van der Waals surface area contributed by atoms with E-state index in [0.29, 0.717) is 27.5 Å². The summed E-state index contributed by atoms with van der Waals surface area (Å²) in [6, 6.07) is 16.0. The van der Waals surface area contributed by atoms with Gasteiger partial charge in [-0.1, -0.05) is 29.8 Å². The maximum absolute atomic E-state index is 12.9. The molecule has 8 heteroatoms. The van der Waals surface area contributed by atoms with Crippen LogP contribution in [0.5, 0.6) is 0 Å². The van der Waals surface area contributed by atoms with Gasteiger partial charge in [-0.15, -0.1) is 0 Å². The standard InChI is InChI=1S/C21H18ClFN2O3S/c1-14-2-9-19(25-21(26)24-18-10-7-17(23)8-11-18)12-20(14)29(27,28)13-15-3-5-16(22)6-4-15/h2-12H,13H2,1H3,(H2,24,25,26). The van der Waals surface area contributed by atoms with E-state index in [1.54, 1.807) is 43.3 Å². The number of rotatable bonds is 5. The first-order valence-corrected chi connectivity index (χ1v) is 10.7. The number of nitrogens with one attached hydrogen (secondary N) is 2. The average Bonchev–Trinajstić information content (AvgIpc) is 2.67. The third-order valence-corrected chi connectivity index (χ3v) is 6.23. The van der Waals surface area contributed by atoms with E-state index in [1.807, 2.05) is 0 Å². The second-order valence-corrected chi connectivity index (χ2v) is 8.85. The summed E-state index contributed by atoms with van der Waals surface area (Å²) in [5.74, 6) is -0.596. The minimum Gasteiger partial charge on any atom is -0.308 e. The van der Waals surface area contributed by atoms with Gasteiger partial charge < -0.3 is 10.6 Å². The Morgan fingerprint density at radius 2 is 1.52 bits per heavy atom. The maximum atomic E-state index is 12.9. The van der Waals surface area contributed by atoms with E-state index in [1.165, 1.54) is 30.3 Å². The van der Waals surface area contributed by atoms with Crippen LogP contribution in [0.15, 0.2) is 71.6 Å². The molecule has 0 aliphatic heterocycles. The lowest BCUT2D eigenvalue weighted by molar-refractivity contribution is 0.262. The number of hydrogen-bond acceptors (Lipinski definition) is 3. The van der Waals surface area contributed by atoms with Gasteiger partial charge in [-0.25, -0.2) is 17.6 Å². The smallest absolute Gasteiger partial charge is 0.308 e.